The molecule has 166 valence electrons. The number of para-hydroxylation sites is 2. The molecule has 1 heterocycles. The van der Waals surface area contributed by atoms with Gasteiger partial charge in [-0.3, -0.25) is 0 Å². The largest absolute Gasteiger partial charge is 0.457 e. The summed E-state index contributed by atoms with van der Waals surface area (Å²) in [6.07, 6.45) is 0. The number of aromatic nitrogens is 3. The van der Waals surface area contributed by atoms with E-state index in [4.69, 9.17) is 20.2 Å². The fourth-order valence-electron chi connectivity index (χ4n) is 3.42. The molecule has 0 atom stereocenters. The van der Waals surface area contributed by atoms with Crippen molar-refractivity contribution >= 4 is 0 Å². The highest BCUT2D eigenvalue weighted by Crippen LogP contribution is 2.29. The number of nitrogens with zero attached hydrogens (tertiary/aromatic N) is 3. The predicted molar refractivity (Wildman–Crippen MR) is 132 cm³/mol. The summed E-state index contributed by atoms with van der Waals surface area (Å²) in [5, 5.41) is 0. The molecule has 0 unspecified atom stereocenters. The van der Waals surface area contributed by atoms with Crippen molar-refractivity contribution in [3.05, 3.63) is 115 Å². The van der Waals surface area contributed by atoms with Gasteiger partial charge in [0.1, 0.15) is 28.8 Å². The van der Waals surface area contributed by atoms with Crippen LogP contribution in [-0.2, 0) is 6.54 Å². The standard InChI is InChI=1S/C28H22N4O2/c29-19-26-30-27(20-9-7-15-24(17-20)33-22-11-3-1-4-12-22)32-28(31-26)21-10-8-16-25(18-21)34-23-13-5-2-6-14-23/h1-18H,19,29H2. The minimum atomic E-state index is 0.197. The van der Waals surface area contributed by atoms with E-state index in [0.29, 0.717) is 29.0 Å². The van der Waals surface area contributed by atoms with Crippen molar-refractivity contribution in [2.45, 2.75) is 6.54 Å². The van der Waals surface area contributed by atoms with Gasteiger partial charge >= 0.3 is 0 Å². The van der Waals surface area contributed by atoms with E-state index in [9.17, 15) is 0 Å². The van der Waals surface area contributed by atoms with E-state index in [1.807, 2.05) is 109 Å². The fourth-order valence-corrected chi connectivity index (χ4v) is 3.42. The monoisotopic (exact) mass is 446 g/mol. The van der Waals surface area contributed by atoms with Gasteiger partial charge in [0.15, 0.2) is 11.6 Å². The highest BCUT2D eigenvalue weighted by molar-refractivity contribution is 5.63. The lowest BCUT2D eigenvalue weighted by atomic mass is 10.1. The normalized spacial score (nSPS) is 10.6. The van der Waals surface area contributed by atoms with Crippen molar-refractivity contribution in [2.75, 3.05) is 0 Å². The van der Waals surface area contributed by atoms with Crippen molar-refractivity contribution in [1.82, 2.24) is 15.0 Å². The van der Waals surface area contributed by atoms with Gasteiger partial charge in [-0.25, -0.2) is 15.0 Å². The van der Waals surface area contributed by atoms with Gasteiger partial charge in [0.05, 0.1) is 6.54 Å². The molecule has 0 saturated carbocycles. The van der Waals surface area contributed by atoms with Gasteiger partial charge in [-0.1, -0.05) is 60.7 Å². The molecule has 0 fully saturated rings. The van der Waals surface area contributed by atoms with E-state index in [2.05, 4.69) is 9.97 Å². The maximum absolute atomic E-state index is 5.97. The third-order valence-corrected chi connectivity index (χ3v) is 5.01. The highest BCUT2D eigenvalue weighted by atomic mass is 16.5. The van der Waals surface area contributed by atoms with Crippen LogP contribution in [-0.4, -0.2) is 15.0 Å². The van der Waals surface area contributed by atoms with Gasteiger partial charge < -0.3 is 15.2 Å². The first-order valence-corrected chi connectivity index (χ1v) is 10.9. The van der Waals surface area contributed by atoms with Crippen LogP contribution in [0.25, 0.3) is 22.8 Å². The summed E-state index contributed by atoms with van der Waals surface area (Å²) >= 11 is 0. The van der Waals surface area contributed by atoms with Crippen LogP contribution >= 0.6 is 0 Å². The Morgan fingerprint density at radius 1 is 0.500 bits per heavy atom. The van der Waals surface area contributed by atoms with Crippen molar-refractivity contribution in [1.29, 1.82) is 0 Å². The van der Waals surface area contributed by atoms with Crippen LogP contribution in [0.4, 0.5) is 0 Å². The fraction of sp³-hybridized carbons (Fsp3) is 0.0357. The first kappa shape index (κ1) is 21.3. The quantitative estimate of drug-likeness (QED) is 0.318. The van der Waals surface area contributed by atoms with E-state index in [1.54, 1.807) is 0 Å². The summed E-state index contributed by atoms with van der Waals surface area (Å²) in [6.45, 7) is 0.197. The molecular weight excluding hydrogens is 424 g/mol. The van der Waals surface area contributed by atoms with Gasteiger partial charge in [-0.15, -0.1) is 0 Å². The van der Waals surface area contributed by atoms with Crippen LogP contribution in [0.15, 0.2) is 109 Å². The molecule has 6 nitrogen and oxygen atoms in total. The van der Waals surface area contributed by atoms with Crippen molar-refractivity contribution in [2.24, 2.45) is 5.73 Å². The van der Waals surface area contributed by atoms with Gasteiger partial charge in [0.2, 0.25) is 0 Å². The zero-order chi connectivity index (χ0) is 23.2. The van der Waals surface area contributed by atoms with Crippen LogP contribution in [0.3, 0.4) is 0 Å². The maximum atomic E-state index is 5.97. The highest BCUT2D eigenvalue weighted by Gasteiger charge is 2.12. The van der Waals surface area contributed by atoms with Crippen LogP contribution in [0, 0.1) is 0 Å². The number of hydrogen-bond acceptors (Lipinski definition) is 6. The van der Waals surface area contributed by atoms with Crippen molar-refractivity contribution in [3.8, 4) is 45.8 Å². The summed E-state index contributed by atoms with van der Waals surface area (Å²) < 4.78 is 11.9. The molecule has 0 spiro atoms. The number of benzene rings is 4. The van der Waals surface area contributed by atoms with Crippen LogP contribution in [0.5, 0.6) is 23.0 Å². The Bertz CT molecular complexity index is 1290. The average molecular weight is 447 g/mol. The van der Waals surface area contributed by atoms with Gasteiger partial charge in [-0.05, 0) is 48.5 Å². The second-order valence-electron chi connectivity index (χ2n) is 7.49. The van der Waals surface area contributed by atoms with Crippen LogP contribution < -0.4 is 15.2 Å². The molecule has 5 rings (SSSR count). The Morgan fingerprint density at radius 3 is 1.38 bits per heavy atom. The van der Waals surface area contributed by atoms with Crippen molar-refractivity contribution < 1.29 is 9.47 Å². The number of rotatable bonds is 7. The second kappa shape index (κ2) is 9.94. The molecule has 5 aromatic rings. The third-order valence-electron chi connectivity index (χ3n) is 5.01. The smallest absolute Gasteiger partial charge is 0.163 e. The lowest BCUT2D eigenvalue weighted by molar-refractivity contribution is 0.482. The summed E-state index contributed by atoms with van der Waals surface area (Å²) in [5.41, 5.74) is 7.52. The second-order valence-corrected chi connectivity index (χ2v) is 7.49. The van der Waals surface area contributed by atoms with E-state index in [0.717, 1.165) is 22.6 Å². The Kier molecular flexibility index (Phi) is 6.23. The van der Waals surface area contributed by atoms with Gasteiger partial charge in [-0.2, -0.15) is 0 Å². The molecule has 0 radical (unpaired) electrons. The summed E-state index contributed by atoms with van der Waals surface area (Å²) in [7, 11) is 0. The van der Waals surface area contributed by atoms with Gasteiger partial charge in [0.25, 0.3) is 0 Å². The molecule has 0 aliphatic heterocycles. The Hall–Kier alpha value is -4.55. The van der Waals surface area contributed by atoms with Crippen LogP contribution in [0.2, 0.25) is 0 Å². The van der Waals surface area contributed by atoms with Crippen molar-refractivity contribution in [3.63, 3.8) is 0 Å². The molecule has 1 aromatic heterocycles. The molecule has 0 amide bonds. The minimum absolute atomic E-state index is 0.197. The SMILES string of the molecule is NCc1nc(-c2cccc(Oc3ccccc3)c2)nc(-c2cccc(Oc3ccccc3)c2)n1. The molecule has 4 aromatic carbocycles. The molecule has 0 aliphatic rings. The minimum Gasteiger partial charge on any atom is -0.457 e. The first-order chi connectivity index (χ1) is 16.8. The topological polar surface area (TPSA) is 83.2 Å². The molecule has 0 bridgehead atoms. The molecule has 0 saturated heterocycles. The molecule has 6 heteroatoms. The summed E-state index contributed by atoms with van der Waals surface area (Å²) in [6, 6.07) is 34.5. The Morgan fingerprint density at radius 2 is 0.941 bits per heavy atom. The zero-order valence-electron chi connectivity index (χ0n) is 18.3. The predicted octanol–water partition coefficient (Wildman–Crippen LogP) is 6.25. The summed E-state index contributed by atoms with van der Waals surface area (Å²) in [4.78, 5) is 13.8. The Balaban J connectivity index is 1.47. The number of ether oxygens (including phenoxy) is 2. The first-order valence-electron chi connectivity index (χ1n) is 10.9. The molecule has 34 heavy (non-hydrogen) atoms. The average Bonchev–Trinajstić information content (AvgIpc) is 2.90. The summed E-state index contributed by atoms with van der Waals surface area (Å²) in [5.74, 6) is 4.46. The van der Waals surface area contributed by atoms with E-state index < -0.39 is 0 Å². The van der Waals surface area contributed by atoms with E-state index in [1.165, 1.54) is 0 Å². The lowest BCUT2D eigenvalue weighted by Gasteiger charge is -2.10. The number of nitrogens with two attached hydrogens (primary N) is 1. The van der Waals surface area contributed by atoms with Crippen LogP contribution in [0.1, 0.15) is 5.82 Å². The molecule has 0 aliphatic carbocycles. The van der Waals surface area contributed by atoms with E-state index >= 15 is 0 Å². The lowest BCUT2D eigenvalue weighted by Crippen LogP contribution is -2.07. The third kappa shape index (κ3) is 5.09. The maximum Gasteiger partial charge on any atom is 0.163 e. The molecular formula is C28H22N4O2. The number of hydrogen-bond donors (Lipinski definition) is 1. The Labute approximate surface area is 197 Å². The zero-order valence-corrected chi connectivity index (χ0v) is 18.3. The van der Waals surface area contributed by atoms with E-state index in [-0.39, 0.29) is 6.54 Å². The molecule has 2 N–H and O–H groups in total. The van der Waals surface area contributed by atoms with Gasteiger partial charge in [0, 0.05) is 11.1 Å².